The first-order valence-corrected chi connectivity index (χ1v) is 15.7. The van der Waals surface area contributed by atoms with Crippen LogP contribution in [0.2, 0.25) is 0 Å². The topological polar surface area (TPSA) is 65.8 Å². The SMILES string of the molecule is CCCC(CC)C(C)c1ccc(F)cc1C(NC)C(=O)N1CCCCC1c1cc2nc(N3CCCC3)c(C)cn2n1. The molecule has 8 heteroatoms. The number of rotatable bonds is 10. The van der Waals surface area contributed by atoms with E-state index in [0.717, 1.165) is 85.5 Å². The summed E-state index contributed by atoms with van der Waals surface area (Å²) in [5.74, 6) is 1.43. The number of hydrogen-bond donors (Lipinski definition) is 1. The molecule has 2 fully saturated rings. The number of hydrogen-bond acceptors (Lipinski definition) is 5. The summed E-state index contributed by atoms with van der Waals surface area (Å²) in [5, 5.41) is 8.20. The second kappa shape index (κ2) is 12.9. The number of nitrogens with one attached hydrogen (secondary N) is 1. The molecular formula is C33H47FN6O. The van der Waals surface area contributed by atoms with Gasteiger partial charge in [0.05, 0.1) is 11.7 Å². The lowest BCUT2D eigenvalue weighted by atomic mass is 9.79. The van der Waals surface area contributed by atoms with Crippen LogP contribution in [0, 0.1) is 18.7 Å². The van der Waals surface area contributed by atoms with Crippen molar-refractivity contribution in [2.45, 2.75) is 97.1 Å². The number of carbonyl (C=O) groups excluding carboxylic acids is 1. The summed E-state index contributed by atoms with van der Waals surface area (Å²) >= 11 is 0. The van der Waals surface area contributed by atoms with Crippen molar-refractivity contribution < 1.29 is 9.18 Å². The molecule has 0 saturated carbocycles. The first kappa shape index (κ1) is 29.5. The van der Waals surface area contributed by atoms with Crippen LogP contribution in [0.25, 0.3) is 5.65 Å². The Hall–Kier alpha value is -3.00. The average Bonchev–Trinajstić information content (AvgIpc) is 3.66. The fourth-order valence-corrected chi connectivity index (χ4v) is 7.15. The maximum atomic E-state index is 14.7. The molecule has 4 heterocycles. The Morgan fingerprint density at radius 2 is 1.85 bits per heavy atom. The molecule has 0 aliphatic carbocycles. The number of carbonyl (C=O) groups is 1. The van der Waals surface area contributed by atoms with Crippen molar-refractivity contribution in [2.75, 3.05) is 31.6 Å². The third kappa shape index (κ3) is 5.99. The highest BCUT2D eigenvalue weighted by atomic mass is 19.1. The number of fused-ring (bicyclic) bond motifs is 1. The molecule has 0 spiro atoms. The highest BCUT2D eigenvalue weighted by Crippen LogP contribution is 2.38. The fraction of sp³-hybridized carbons (Fsp3) is 0.606. The lowest BCUT2D eigenvalue weighted by molar-refractivity contribution is -0.137. The van der Waals surface area contributed by atoms with Crippen LogP contribution >= 0.6 is 0 Å². The molecular weight excluding hydrogens is 515 g/mol. The van der Waals surface area contributed by atoms with Gasteiger partial charge in [0.1, 0.15) is 17.7 Å². The molecule has 1 N–H and O–H groups in total. The molecule has 4 unspecified atom stereocenters. The first-order chi connectivity index (χ1) is 19.9. The zero-order valence-corrected chi connectivity index (χ0v) is 25.5. The van der Waals surface area contributed by atoms with E-state index in [4.69, 9.17) is 10.1 Å². The number of aromatic nitrogens is 3. The van der Waals surface area contributed by atoms with Crippen LogP contribution in [0.15, 0.2) is 30.5 Å². The van der Waals surface area contributed by atoms with Gasteiger partial charge < -0.3 is 15.1 Å². The molecule has 222 valence electrons. The van der Waals surface area contributed by atoms with E-state index in [1.807, 2.05) is 22.5 Å². The number of likely N-dealkylation sites (tertiary alicyclic amines) is 1. The molecule has 4 atom stereocenters. The van der Waals surface area contributed by atoms with Crippen LogP contribution in [-0.2, 0) is 4.79 Å². The predicted octanol–water partition coefficient (Wildman–Crippen LogP) is 6.72. The van der Waals surface area contributed by atoms with Gasteiger partial charge in [-0.1, -0.05) is 46.1 Å². The van der Waals surface area contributed by atoms with Gasteiger partial charge >= 0.3 is 0 Å². The van der Waals surface area contributed by atoms with Gasteiger partial charge in [-0.15, -0.1) is 0 Å². The molecule has 3 aromatic rings. The molecule has 41 heavy (non-hydrogen) atoms. The van der Waals surface area contributed by atoms with Gasteiger partial charge in [0.25, 0.3) is 0 Å². The average molecular weight is 563 g/mol. The van der Waals surface area contributed by atoms with E-state index in [2.05, 4.69) is 50.2 Å². The molecule has 1 amide bonds. The molecule has 2 saturated heterocycles. The van der Waals surface area contributed by atoms with Gasteiger partial charge in [0.2, 0.25) is 5.91 Å². The number of amides is 1. The second-order valence-electron chi connectivity index (χ2n) is 12.1. The third-order valence-corrected chi connectivity index (χ3v) is 9.43. The minimum absolute atomic E-state index is 0.0151. The van der Waals surface area contributed by atoms with Crippen molar-refractivity contribution in [1.29, 1.82) is 0 Å². The highest BCUT2D eigenvalue weighted by molar-refractivity contribution is 5.84. The summed E-state index contributed by atoms with van der Waals surface area (Å²) in [6, 6.07) is 6.30. The van der Waals surface area contributed by atoms with Crippen molar-refractivity contribution in [3.8, 4) is 0 Å². The van der Waals surface area contributed by atoms with Crippen molar-refractivity contribution in [3.63, 3.8) is 0 Å². The molecule has 7 nitrogen and oxygen atoms in total. The minimum atomic E-state index is -0.623. The van der Waals surface area contributed by atoms with Crippen LogP contribution in [0.4, 0.5) is 10.2 Å². The Labute approximate surface area is 244 Å². The van der Waals surface area contributed by atoms with E-state index < -0.39 is 6.04 Å². The summed E-state index contributed by atoms with van der Waals surface area (Å²) in [6.45, 7) is 11.5. The fourth-order valence-electron chi connectivity index (χ4n) is 7.15. The molecule has 2 aromatic heterocycles. The largest absolute Gasteiger partial charge is 0.356 e. The van der Waals surface area contributed by atoms with Gasteiger partial charge in [-0.3, -0.25) is 4.79 Å². The number of halogens is 1. The van der Waals surface area contributed by atoms with Gasteiger partial charge in [0.15, 0.2) is 5.65 Å². The van der Waals surface area contributed by atoms with E-state index in [1.54, 1.807) is 6.07 Å². The van der Waals surface area contributed by atoms with E-state index in [0.29, 0.717) is 12.5 Å². The Morgan fingerprint density at radius 1 is 1.10 bits per heavy atom. The Morgan fingerprint density at radius 3 is 2.56 bits per heavy atom. The Balaban J connectivity index is 1.47. The smallest absolute Gasteiger partial charge is 0.244 e. The number of benzene rings is 1. The molecule has 0 radical (unpaired) electrons. The summed E-state index contributed by atoms with van der Waals surface area (Å²) in [6.07, 6.45) is 10.6. The lowest BCUT2D eigenvalue weighted by Gasteiger charge is -2.38. The van der Waals surface area contributed by atoms with Gasteiger partial charge in [-0.25, -0.2) is 13.9 Å². The zero-order chi connectivity index (χ0) is 29.1. The lowest BCUT2D eigenvalue weighted by Crippen LogP contribution is -2.44. The van der Waals surface area contributed by atoms with E-state index in [-0.39, 0.29) is 23.7 Å². The van der Waals surface area contributed by atoms with Crippen molar-refractivity contribution >= 4 is 17.4 Å². The number of likely N-dealkylation sites (N-methyl/N-ethyl adjacent to an activating group) is 1. The highest BCUT2D eigenvalue weighted by Gasteiger charge is 2.36. The van der Waals surface area contributed by atoms with E-state index >= 15 is 0 Å². The quantitative estimate of drug-likeness (QED) is 0.297. The summed E-state index contributed by atoms with van der Waals surface area (Å²) in [5.41, 5.74) is 4.63. The number of nitrogens with zero attached hydrogens (tertiary/aromatic N) is 5. The molecule has 2 aliphatic rings. The first-order valence-electron chi connectivity index (χ1n) is 15.7. The maximum absolute atomic E-state index is 14.7. The third-order valence-electron chi connectivity index (χ3n) is 9.43. The standard InChI is InChI=1S/C33H47FN6O/c1-6-12-24(7-2)23(4)26-15-14-25(34)19-27(26)31(35-5)33(41)39-18-9-8-13-29(39)28-20-30-36-32(38-16-10-11-17-38)22(3)21-40(30)37-28/h14-15,19-21,23-24,29,31,35H,6-13,16-18H2,1-5H3. The molecule has 5 rings (SSSR count). The zero-order valence-electron chi connectivity index (χ0n) is 25.5. The predicted molar refractivity (Wildman–Crippen MR) is 163 cm³/mol. The Kier molecular flexibility index (Phi) is 9.27. The molecule has 2 aliphatic heterocycles. The van der Waals surface area contributed by atoms with Gasteiger partial charge in [0, 0.05) is 37.5 Å². The van der Waals surface area contributed by atoms with Gasteiger partial charge in [-0.05, 0) is 81.2 Å². The van der Waals surface area contributed by atoms with Crippen molar-refractivity contribution in [3.05, 3.63) is 58.7 Å². The monoisotopic (exact) mass is 562 g/mol. The Bertz CT molecular complexity index is 1350. The summed E-state index contributed by atoms with van der Waals surface area (Å²) < 4.78 is 16.6. The van der Waals surface area contributed by atoms with E-state index in [9.17, 15) is 9.18 Å². The summed E-state index contributed by atoms with van der Waals surface area (Å²) in [4.78, 5) is 23.7. The molecule has 1 aromatic carbocycles. The van der Waals surface area contributed by atoms with Crippen LogP contribution in [0.1, 0.15) is 113 Å². The summed E-state index contributed by atoms with van der Waals surface area (Å²) in [7, 11) is 1.81. The van der Waals surface area contributed by atoms with Crippen LogP contribution in [0.5, 0.6) is 0 Å². The minimum Gasteiger partial charge on any atom is -0.356 e. The normalized spacial score (nSPS) is 20.0. The maximum Gasteiger partial charge on any atom is 0.244 e. The van der Waals surface area contributed by atoms with E-state index in [1.165, 1.54) is 18.9 Å². The number of anilines is 1. The van der Waals surface area contributed by atoms with Crippen molar-refractivity contribution in [1.82, 2.24) is 24.8 Å². The molecule has 0 bridgehead atoms. The second-order valence-corrected chi connectivity index (χ2v) is 12.1. The van der Waals surface area contributed by atoms with Crippen LogP contribution < -0.4 is 10.2 Å². The van der Waals surface area contributed by atoms with Crippen molar-refractivity contribution in [2.24, 2.45) is 5.92 Å². The number of aryl methyl sites for hydroxylation is 1. The number of piperidine rings is 1. The van der Waals surface area contributed by atoms with Crippen LogP contribution in [-0.4, -0.2) is 52.1 Å². The van der Waals surface area contributed by atoms with Gasteiger partial charge in [-0.2, -0.15) is 5.10 Å². The van der Waals surface area contributed by atoms with Crippen LogP contribution in [0.3, 0.4) is 0 Å².